The van der Waals surface area contributed by atoms with Gasteiger partial charge in [0.25, 0.3) is 0 Å². The first kappa shape index (κ1) is 15.8. The fraction of sp³-hybridized carbons (Fsp3) is 0.562. The van der Waals surface area contributed by atoms with Crippen molar-refractivity contribution in [3.8, 4) is 0 Å². The van der Waals surface area contributed by atoms with E-state index >= 15 is 0 Å². The van der Waals surface area contributed by atoms with E-state index < -0.39 is 6.09 Å². The van der Waals surface area contributed by atoms with E-state index in [1.165, 1.54) is 0 Å². The van der Waals surface area contributed by atoms with Crippen LogP contribution >= 0.6 is 0 Å². The SMILES string of the molecule is O=C(NC(CO)C[C@@H]1CCCCO1)OCc1ccccc1. The molecule has 0 aliphatic carbocycles. The van der Waals surface area contributed by atoms with Gasteiger partial charge in [0.05, 0.1) is 18.8 Å². The van der Waals surface area contributed by atoms with Gasteiger partial charge in [-0.3, -0.25) is 0 Å². The first-order valence-corrected chi connectivity index (χ1v) is 7.47. The number of aliphatic hydroxyl groups is 1. The van der Waals surface area contributed by atoms with E-state index in [0.29, 0.717) is 6.42 Å². The second-order valence-corrected chi connectivity index (χ2v) is 5.31. The highest BCUT2D eigenvalue weighted by molar-refractivity contribution is 5.67. The predicted molar refractivity (Wildman–Crippen MR) is 78.8 cm³/mol. The van der Waals surface area contributed by atoms with E-state index in [4.69, 9.17) is 9.47 Å². The molecule has 1 fully saturated rings. The largest absolute Gasteiger partial charge is 0.445 e. The van der Waals surface area contributed by atoms with Crippen molar-refractivity contribution in [3.05, 3.63) is 35.9 Å². The maximum atomic E-state index is 11.7. The normalized spacial score (nSPS) is 19.8. The molecule has 2 atom stereocenters. The Labute approximate surface area is 125 Å². The van der Waals surface area contributed by atoms with Crippen molar-refractivity contribution in [2.75, 3.05) is 13.2 Å². The van der Waals surface area contributed by atoms with Crippen LogP contribution in [-0.2, 0) is 16.1 Å². The highest BCUT2D eigenvalue weighted by Crippen LogP contribution is 2.17. The number of alkyl carbamates (subject to hydrolysis) is 1. The van der Waals surface area contributed by atoms with Crippen molar-refractivity contribution < 1.29 is 19.4 Å². The van der Waals surface area contributed by atoms with Crippen LogP contribution in [0.3, 0.4) is 0 Å². The third-order valence-electron chi connectivity index (χ3n) is 3.58. The zero-order valence-electron chi connectivity index (χ0n) is 12.2. The molecule has 2 N–H and O–H groups in total. The van der Waals surface area contributed by atoms with Gasteiger partial charge in [-0.15, -0.1) is 0 Å². The van der Waals surface area contributed by atoms with Crippen LogP contribution in [-0.4, -0.2) is 36.6 Å². The number of hydrogen-bond acceptors (Lipinski definition) is 4. The molecule has 1 aliphatic heterocycles. The van der Waals surface area contributed by atoms with Crippen molar-refractivity contribution in [2.45, 2.75) is 44.4 Å². The maximum Gasteiger partial charge on any atom is 0.407 e. The van der Waals surface area contributed by atoms with Crippen LogP contribution in [0.2, 0.25) is 0 Å². The summed E-state index contributed by atoms with van der Waals surface area (Å²) < 4.78 is 10.8. The first-order valence-electron chi connectivity index (χ1n) is 7.47. The van der Waals surface area contributed by atoms with Crippen LogP contribution in [0.5, 0.6) is 0 Å². The molecule has 1 heterocycles. The lowest BCUT2D eigenvalue weighted by molar-refractivity contribution is 0.00110. The lowest BCUT2D eigenvalue weighted by atomic mass is 10.0. The lowest BCUT2D eigenvalue weighted by Gasteiger charge is -2.26. The smallest absolute Gasteiger partial charge is 0.407 e. The topological polar surface area (TPSA) is 67.8 Å². The van der Waals surface area contributed by atoms with Gasteiger partial charge in [-0.1, -0.05) is 30.3 Å². The summed E-state index contributed by atoms with van der Waals surface area (Å²) in [5, 5.41) is 12.1. The van der Waals surface area contributed by atoms with E-state index in [1.807, 2.05) is 30.3 Å². The molecule has 0 radical (unpaired) electrons. The average Bonchev–Trinajstić information content (AvgIpc) is 2.54. The molecule has 0 aromatic heterocycles. The zero-order valence-corrected chi connectivity index (χ0v) is 12.2. The Hall–Kier alpha value is -1.59. The Balaban J connectivity index is 1.71. The first-order chi connectivity index (χ1) is 10.3. The summed E-state index contributed by atoms with van der Waals surface area (Å²) in [6.45, 7) is 0.881. The quantitative estimate of drug-likeness (QED) is 0.844. The van der Waals surface area contributed by atoms with Crippen LogP contribution in [0.25, 0.3) is 0 Å². The summed E-state index contributed by atoms with van der Waals surface area (Å²) in [5.74, 6) is 0. The molecule has 0 spiro atoms. The highest BCUT2D eigenvalue weighted by atomic mass is 16.5. The van der Waals surface area contributed by atoms with E-state index in [2.05, 4.69) is 5.32 Å². The summed E-state index contributed by atoms with van der Waals surface area (Å²) in [5.41, 5.74) is 0.934. The number of ether oxygens (including phenoxy) is 2. The molecule has 0 bridgehead atoms. The Kier molecular flexibility index (Phi) is 6.50. The number of rotatable bonds is 6. The summed E-state index contributed by atoms with van der Waals surface area (Å²) >= 11 is 0. The minimum Gasteiger partial charge on any atom is -0.445 e. The molecule has 2 rings (SSSR count). The maximum absolute atomic E-state index is 11.7. The zero-order chi connectivity index (χ0) is 14.9. The fourth-order valence-corrected chi connectivity index (χ4v) is 2.42. The number of benzene rings is 1. The summed E-state index contributed by atoms with van der Waals surface area (Å²) in [6.07, 6.45) is 3.45. The minimum atomic E-state index is -0.506. The molecule has 1 unspecified atom stereocenters. The lowest BCUT2D eigenvalue weighted by Crippen LogP contribution is -2.41. The Bertz CT molecular complexity index is 418. The Morgan fingerprint density at radius 2 is 2.19 bits per heavy atom. The van der Waals surface area contributed by atoms with Crippen LogP contribution in [0, 0.1) is 0 Å². The van der Waals surface area contributed by atoms with Gasteiger partial charge in [0.2, 0.25) is 0 Å². The molecule has 1 amide bonds. The van der Waals surface area contributed by atoms with Gasteiger partial charge >= 0.3 is 6.09 Å². The number of amides is 1. The van der Waals surface area contributed by atoms with Crippen molar-refractivity contribution >= 4 is 6.09 Å². The van der Waals surface area contributed by atoms with E-state index in [9.17, 15) is 9.90 Å². The van der Waals surface area contributed by atoms with Gasteiger partial charge < -0.3 is 19.9 Å². The molecule has 1 aromatic rings. The number of aliphatic hydroxyl groups excluding tert-OH is 1. The van der Waals surface area contributed by atoms with Crippen LogP contribution in [0.15, 0.2) is 30.3 Å². The summed E-state index contributed by atoms with van der Waals surface area (Å²) in [7, 11) is 0. The minimum absolute atomic E-state index is 0.111. The molecule has 1 aromatic carbocycles. The van der Waals surface area contributed by atoms with Crippen LogP contribution < -0.4 is 5.32 Å². The monoisotopic (exact) mass is 293 g/mol. The number of carbonyl (C=O) groups excluding carboxylic acids is 1. The van der Waals surface area contributed by atoms with Crippen LogP contribution in [0.1, 0.15) is 31.2 Å². The van der Waals surface area contributed by atoms with E-state index in [-0.39, 0.29) is 25.4 Å². The third-order valence-corrected chi connectivity index (χ3v) is 3.58. The summed E-state index contributed by atoms with van der Waals surface area (Å²) in [4.78, 5) is 11.7. The predicted octanol–water partition coefficient (Wildman–Crippen LogP) is 2.23. The van der Waals surface area contributed by atoms with Crippen molar-refractivity contribution in [2.24, 2.45) is 0 Å². The van der Waals surface area contributed by atoms with Gasteiger partial charge in [-0.25, -0.2) is 4.79 Å². The van der Waals surface area contributed by atoms with Gasteiger partial charge in [0.15, 0.2) is 0 Å². The molecular weight excluding hydrogens is 270 g/mol. The number of nitrogens with one attached hydrogen (secondary N) is 1. The van der Waals surface area contributed by atoms with E-state index in [0.717, 1.165) is 31.4 Å². The summed E-state index contributed by atoms with van der Waals surface area (Å²) in [6, 6.07) is 9.17. The van der Waals surface area contributed by atoms with Crippen molar-refractivity contribution in [1.29, 1.82) is 0 Å². The molecule has 1 saturated heterocycles. The van der Waals surface area contributed by atoms with Gasteiger partial charge in [0, 0.05) is 6.61 Å². The average molecular weight is 293 g/mol. The van der Waals surface area contributed by atoms with Crippen molar-refractivity contribution in [3.63, 3.8) is 0 Å². The number of carbonyl (C=O) groups is 1. The second kappa shape index (κ2) is 8.64. The van der Waals surface area contributed by atoms with Gasteiger partial charge in [0.1, 0.15) is 6.61 Å². The molecule has 1 aliphatic rings. The second-order valence-electron chi connectivity index (χ2n) is 5.31. The highest BCUT2D eigenvalue weighted by Gasteiger charge is 2.20. The number of hydrogen-bond donors (Lipinski definition) is 2. The Morgan fingerprint density at radius 3 is 2.86 bits per heavy atom. The fourth-order valence-electron chi connectivity index (χ4n) is 2.42. The molecule has 21 heavy (non-hydrogen) atoms. The standard InChI is InChI=1S/C16H23NO4/c18-11-14(10-15-8-4-5-9-20-15)17-16(19)21-12-13-6-2-1-3-7-13/h1-3,6-7,14-15,18H,4-5,8-12H2,(H,17,19)/t14?,15-/m0/s1. The molecule has 0 saturated carbocycles. The Morgan fingerprint density at radius 1 is 1.38 bits per heavy atom. The van der Waals surface area contributed by atoms with E-state index in [1.54, 1.807) is 0 Å². The molecule has 5 nitrogen and oxygen atoms in total. The van der Waals surface area contributed by atoms with Gasteiger partial charge in [-0.05, 0) is 31.2 Å². The third kappa shape index (κ3) is 5.73. The molecule has 5 heteroatoms. The molecule has 116 valence electrons. The molecular formula is C16H23NO4. The van der Waals surface area contributed by atoms with Crippen molar-refractivity contribution in [1.82, 2.24) is 5.32 Å². The van der Waals surface area contributed by atoms with Gasteiger partial charge in [-0.2, -0.15) is 0 Å². The van der Waals surface area contributed by atoms with Crippen LogP contribution in [0.4, 0.5) is 4.79 Å².